The van der Waals surface area contributed by atoms with Crippen molar-refractivity contribution in [3.05, 3.63) is 34.2 Å². The van der Waals surface area contributed by atoms with Gasteiger partial charge in [0.15, 0.2) is 0 Å². The van der Waals surface area contributed by atoms with Gasteiger partial charge in [-0.25, -0.2) is 0 Å². The summed E-state index contributed by atoms with van der Waals surface area (Å²) in [6.45, 7) is 6.33. The number of fused-ring (bicyclic) bond motifs is 1. The van der Waals surface area contributed by atoms with Crippen LogP contribution in [0, 0.1) is 0 Å². The molecule has 0 radical (unpaired) electrons. The van der Waals surface area contributed by atoms with E-state index in [0.29, 0.717) is 0 Å². The Kier molecular flexibility index (Phi) is 4.59. The van der Waals surface area contributed by atoms with Crippen LogP contribution in [0.1, 0.15) is 18.7 Å². The number of nitrogens with one attached hydrogen (secondary N) is 1. The van der Waals surface area contributed by atoms with Gasteiger partial charge in [-0.15, -0.1) is 11.3 Å². The molecule has 2 aromatic rings. The van der Waals surface area contributed by atoms with Gasteiger partial charge in [-0.3, -0.25) is 0 Å². The quantitative estimate of drug-likeness (QED) is 0.852. The molecule has 0 aliphatic heterocycles. The van der Waals surface area contributed by atoms with Crippen LogP contribution in [0.15, 0.2) is 24.3 Å². The lowest BCUT2D eigenvalue weighted by molar-refractivity contribution is 0.594. The van der Waals surface area contributed by atoms with Gasteiger partial charge in [-0.1, -0.05) is 29.8 Å². The van der Waals surface area contributed by atoms with E-state index < -0.39 is 0 Å². The first-order valence-electron chi connectivity index (χ1n) is 5.95. The molecule has 0 saturated heterocycles. The average molecular weight is 300 g/mol. The maximum Gasteiger partial charge on any atom is 0.0636 e. The summed E-state index contributed by atoms with van der Waals surface area (Å²) in [4.78, 5) is 1.23. The Morgan fingerprint density at radius 3 is 2.72 bits per heavy atom. The highest BCUT2D eigenvalue weighted by atomic mass is 35.5. The molecule has 0 bridgehead atoms. The van der Waals surface area contributed by atoms with E-state index in [2.05, 4.69) is 43.6 Å². The third-order valence-corrected chi connectivity index (χ3v) is 5.95. The second-order valence-corrected chi connectivity index (χ2v) is 7.93. The number of rotatable bonds is 5. The summed E-state index contributed by atoms with van der Waals surface area (Å²) in [5.41, 5.74) is 0. The first kappa shape index (κ1) is 14.2. The Bertz CT molecular complexity index is 534. The van der Waals surface area contributed by atoms with Crippen molar-refractivity contribution >= 4 is 44.8 Å². The molecule has 0 fully saturated rings. The van der Waals surface area contributed by atoms with E-state index in [9.17, 15) is 0 Å². The molecule has 0 aliphatic rings. The zero-order valence-corrected chi connectivity index (χ0v) is 13.3. The molecule has 0 unspecified atom stereocenters. The maximum absolute atomic E-state index is 6.41. The molecule has 0 aliphatic carbocycles. The van der Waals surface area contributed by atoms with Gasteiger partial charge < -0.3 is 5.32 Å². The number of thioether (sulfide) groups is 1. The predicted octanol–water partition coefficient (Wildman–Crippen LogP) is 4.79. The van der Waals surface area contributed by atoms with Crippen molar-refractivity contribution in [2.75, 3.05) is 12.8 Å². The van der Waals surface area contributed by atoms with Crippen molar-refractivity contribution in [2.24, 2.45) is 0 Å². The second kappa shape index (κ2) is 5.83. The van der Waals surface area contributed by atoms with Gasteiger partial charge in [0.2, 0.25) is 0 Å². The van der Waals surface area contributed by atoms with Gasteiger partial charge in [0.25, 0.3) is 0 Å². The first-order chi connectivity index (χ1) is 8.53. The van der Waals surface area contributed by atoms with Gasteiger partial charge >= 0.3 is 0 Å². The fraction of sp³-hybridized carbons (Fsp3) is 0.429. The minimum absolute atomic E-state index is 0.267. The summed E-state index contributed by atoms with van der Waals surface area (Å²) >= 11 is 10.1. The highest BCUT2D eigenvalue weighted by Crippen LogP contribution is 2.35. The topological polar surface area (TPSA) is 12.0 Å². The van der Waals surface area contributed by atoms with Crippen LogP contribution < -0.4 is 5.32 Å². The molecule has 4 heteroatoms. The molecule has 1 aromatic carbocycles. The van der Waals surface area contributed by atoms with Crippen LogP contribution >= 0.6 is 34.7 Å². The minimum atomic E-state index is 0.267. The van der Waals surface area contributed by atoms with E-state index in [4.69, 9.17) is 11.6 Å². The largest absolute Gasteiger partial charge is 0.310 e. The lowest BCUT2D eigenvalue weighted by Gasteiger charge is -2.22. The summed E-state index contributed by atoms with van der Waals surface area (Å²) in [6, 6.07) is 8.31. The van der Waals surface area contributed by atoms with Crippen molar-refractivity contribution in [1.82, 2.24) is 5.32 Å². The average Bonchev–Trinajstić information content (AvgIpc) is 2.67. The summed E-state index contributed by atoms with van der Waals surface area (Å²) in [7, 11) is 0. The second-order valence-electron chi connectivity index (χ2n) is 4.90. The standard InChI is InChI=1S/C14H18ClNS2/c1-14(2,17-3)9-16-8-12-13(15)10-6-4-5-7-11(10)18-12/h4-7,16H,8-9H2,1-3H3. The molecule has 1 N–H and O–H groups in total. The molecule has 0 saturated carbocycles. The molecule has 1 aromatic heterocycles. The molecule has 1 nitrogen and oxygen atoms in total. The minimum Gasteiger partial charge on any atom is -0.310 e. The number of hydrogen-bond acceptors (Lipinski definition) is 3. The smallest absolute Gasteiger partial charge is 0.0636 e. The third-order valence-electron chi connectivity index (χ3n) is 2.99. The van der Waals surface area contributed by atoms with Crippen LogP contribution in [0.25, 0.3) is 10.1 Å². The molecule has 0 atom stereocenters. The maximum atomic E-state index is 6.41. The number of halogens is 1. The Hall–Kier alpha value is -0.220. The van der Waals surface area contributed by atoms with E-state index in [-0.39, 0.29) is 4.75 Å². The fourth-order valence-corrected chi connectivity index (χ4v) is 3.44. The Labute approximate surface area is 122 Å². The van der Waals surface area contributed by atoms with E-state index in [1.54, 1.807) is 11.3 Å². The Morgan fingerprint density at radius 2 is 2.06 bits per heavy atom. The van der Waals surface area contributed by atoms with Crippen molar-refractivity contribution in [2.45, 2.75) is 25.1 Å². The molecule has 0 amide bonds. The van der Waals surface area contributed by atoms with Crippen LogP contribution in [0.4, 0.5) is 0 Å². The van der Waals surface area contributed by atoms with Gasteiger partial charge in [-0.05, 0) is 26.2 Å². The molecular weight excluding hydrogens is 282 g/mol. The third kappa shape index (κ3) is 3.21. The van der Waals surface area contributed by atoms with Crippen molar-refractivity contribution in [3.63, 3.8) is 0 Å². The van der Waals surface area contributed by atoms with Crippen LogP contribution in [-0.4, -0.2) is 17.5 Å². The normalized spacial score (nSPS) is 12.2. The zero-order chi connectivity index (χ0) is 13.2. The van der Waals surface area contributed by atoms with Crippen LogP contribution in [0.3, 0.4) is 0 Å². The molecule has 98 valence electrons. The zero-order valence-electron chi connectivity index (χ0n) is 10.9. The van der Waals surface area contributed by atoms with Gasteiger partial charge in [0.05, 0.1) is 5.02 Å². The van der Waals surface area contributed by atoms with Gasteiger partial charge in [0.1, 0.15) is 0 Å². The summed E-state index contributed by atoms with van der Waals surface area (Å²) in [5.74, 6) is 0. The monoisotopic (exact) mass is 299 g/mol. The Balaban J connectivity index is 2.06. The summed E-state index contributed by atoms with van der Waals surface area (Å²) in [6.07, 6.45) is 2.15. The first-order valence-corrected chi connectivity index (χ1v) is 8.37. The highest BCUT2D eigenvalue weighted by molar-refractivity contribution is 7.99. The fourth-order valence-electron chi connectivity index (χ4n) is 1.73. The van der Waals surface area contributed by atoms with Crippen molar-refractivity contribution < 1.29 is 0 Å². The highest BCUT2D eigenvalue weighted by Gasteiger charge is 2.16. The molecule has 0 spiro atoms. The molecule has 2 rings (SSSR count). The van der Waals surface area contributed by atoms with Crippen molar-refractivity contribution in [3.8, 4) is 0 Å². The number of benzene rings is 1. The van der Waals surface area contributed by atoms with E-state index in [1.807, 2.05) is 17.8 Å². The van der Waals surface area contributed by atoms with Crippen molar-refractivity contribution in [1.29, 1.82) is 0 Å². The molecular formula is C14H18ClNS2. The number of thiophene rings is 1. The Morgan fingerprint density at radius 1 is 1.33 bits per heavy atom. The SMILES string of the molecule is CSC(C)(C)CNCc1sc2ccccc2c1Cl. The van der Waals surface area contributed by atoms with Crippen LogP contribution in [-0.2, 0) is 6.54 Å². The van der Waals surface area contributed by atoms with Crippen LogP contribution in [0.2, 0.25) is 5.02 Å². The van der Waals surface area contributed by atoms with E-state index >= 15 is 0 Å². The molecule has 18 heavy (non-hydrogen) atoms. The van der Waals surface area contributed by atoms with E-state index in [1.165, 1.54) is 15.0 Å². The lowest BCUT2D eigenvalue weighted by atomic mass is 10.2. The molecule has 1 heterocycles. The lowest BCUT2D eigenvalue weighted by Crippen LogP contribution is -2.31. The van der Waals surface area contributed by atoms with Gasteiger partial charge in [-0.2, -0.15) is 11.8 Å². The van der Waals surface area contributed by atoms with Crippen LogP contribution in [0.5, 0.6) is 0 Å². The van der Waals surface area contributed by atoms with Gasteiger partial charge in [0, 0.05) is 32.8 Å². The predicted molar refractivity (Wildman–Crippen MR) is 86.1 cm³/mol. The van der Waals surface area contributed by atoms with E-state index in [0.717, 1.165) is 18.1 Å². The summed E-state index contributed by atoms with van der Waals surface area (Å²) < 4.78 is 1.53. The number of hydrogen-bond donors (Lipinski definition) is 1. The summed E-state index contributed by atoms with van der Waals surface area (Å²) in [5, 5.41) is 5.58.